The number of aromatic nitrogens is 2. The highest BCUT2D eigenvalue weighted by Gasteiger charge is 2.19. The van der Waals surface area contributed by atoms with E-state index in [0.717, 1.165) is 37.4 Å². The van der Waals surface area contributed by atoms with Gasteiger partial charge in [-0.25, -0.2) is 4.98 Å². The molecule has 0 unspecified atom stereocenters. The van der Waals surface area contributed by atoms with Crippen LogP contribution in [0.3, 0.4) is 0 Å². The molecule has 0 fully saturated rings. The fourth-order valence-corrected chi connectivity index (χ4v) is 3.67. The summed E-state index contributed by atoms with van der Waals surface area (Å²) in [6.07, 6.45) is 1.14. The first kappa shape index (κ1) is 15.4. The standard InChI is InChI=1S/C21H25N3/c1-15(2)17-9-8-16-10-11-24(13-18(16)12-17)14-21-22-19-6-4-5-7-20(19)23(21)3/h4-9,12,15H,10-11,13-14H2,1-3H3. The van der Waals surface area contributed by atoms with E-state index in [4.69, 9.17) is 4.98 Å². The predicted molar refractivity (Wildman–Crippen MR) is 99.1 cm³/mol. The van der Waals surface area contributed by atoms with E-state index in [1.807, 2.05) is 0 Å². The third-order valence-corrected chi connectivity index (χ3v) is 5.23. The van der Waals surface area contributed by atoms with Crippen LogP contribution in [0.1, 0.15) is 42.3 Å². The minimum absolute atomic E-state index is 0.588. The van der Waals surface area contributed by atoms with Crippen LogP contribution < -0.4 is 0 Å². The largest absolute Gasteiger partial charge is 0.330 e. The van der Waals surface area contributed by atoms with Crippen LogP contribution >= 0.6 is 0 Å². The van der Waals surface area contributed by atoms with Gasteiger partial charge in [-0.1, -0.05) is 44.2 Å². The fraction of sp³-hybridized carbons (Fsp3) is 0.381. The van der Waals surface area contributed by atoms with Crippen LogP contribution in [0.5, 0.6) is 0 Å². The van der Waals surface area contributed by atoms with E-state index >= 15 is 0 Å². The zero-order valence-electron chi connectivity index (χ0n) is 14.8. The highest BCUT2D eigenvalue weighted by molar-refractivity contribution is 5.75. The maximum absolute atomic E-state index is 4.83. The van der Waals surface area contributed by atoms with Gasteiger partial charge in [0.2, 0.25) is 0 Å². The Labute approximate surface area is 143 Å². The van der Waals surface area contributed by atoms with Crippen LogP contribution in [0.25, 0.3) is 11.0 Å². The molecule has 0 saturated heterocycles. The zero-order chi connectivity index (χ0) is 16.7. The predicted octanol–water partition coefficient (Wildman–Crippen LogP) is 4.26. The summed E-state index contributed by atoms with van der Waals surface area (Å²) in [5.74, 6) is 1.74. The van der Waals surface area contributed by atoms with Crippen LogP contribution in [-0.4, -0.2) is 21.0 Å². The molecule has 2 heterocycles. The van der Waals surface area contributed by atoms with Crippen molar-refractivity contribution in [3.63, 3.8) is 0 Å². The van der Waals surface area contributed by atoms with E-state index in [1.165, 1.54) is 22.2 Å². The number of rotatable bonds is 3. The highest BCUT2D eigenvalue weighted by Crippen LogP contribution is 2.25. The molecule has 0 saturated carbocycles. The van der Waals surface area contributed by atoms with Crippen molar-refractivity contribution in [3.8, 4) is 0 Å². The molecule has 0 radical (unpaired) electrons. The van der Waals surface area contributed by atoms with E-state index < -0.39 is 0 Å². The number of benzene rings is 2. The highest BCUT2D eigenvalue weighted by atomic mass is 15.2. The Bertz CT molecular complexity index is 876. The van der Waals surface area contributed by atoms with Crippen molar-refractivity contribution in [1.82, 2.24) is 14.5 Å². The molecule has 0 atom stereocenters. The Balaban J connectivity index is 1.58. The first-order chi connectivity index (χ1) is 11.6. The number of hydrogen-bond acceptors (Lipinski definition) is 2. The first-order valence-corrected chi connectivity index (χ1v) is 8.86. The Morgan fingerprint density at radius 3 is 2.71 bits per heavy atom. The third-order valence-electron chi connectivity index (χ3n) is 5.23. The smallest absolute Gasteiger partial charge is 0.123 e. The topological polar surface area (TPSA) is 21.1 Å². The molecule has 124 valence electrons. The molecule has 4 rings (SSSR count). The summed E-state index contributed by atoms with van der Waals surface area (Å²) in [4.78, 5) is 7.35. The van der Waals surface area contributed by atoms with Gasteiger partial charge < -0.3 is 4.57 Å². The maximum atomic E-state index is 4.83. The molecular formula is C21H25N3. The Kier molecular flexibility index (Phi) is 3.89. The second-order valence-electron chi connectivity index (χ2n) is 7.22. The SMILES string of the molecule is CC(C)c1ccc2c(c1)CN(Cc1nc3ccccc3n1C)CC2. The van der Waals surface area contributed by atoms with Gasteiger partial charge in [0.15, 0.2) is 0 Å². The number of fused-ring (bicyclic) bond motifs is 2. The summed E-state index contributed by atoms with van der Waals surface area (Å²) in [6, 6.07) is 15.4. The summed E-state index contributed by atoms with van der Waals surface area (Å²) >= 11 is 0. The van der Waals surface area contributed by atoms with Crippen LogP contribution in [-0.2, 0) is 26.6 Å². The van der Waals surface area contributed by atoms with Crippen molar-refractivity contribution in [2.45, 2.75) is 39.3 Å². The van der Waals surface area contributed by atoms with Crippen LogP contribution in [0.2, 0.25) is 0 Å². The lowest BCUT2D eigenvalue weighted by Crippen LogP contribution is -2.31. The number of para-hydroxylation sites is 2. The van der Waals surface area contributed by atoms with Crippen LogP contribution in [0, 0.1) is 0 Å². The lowest BCUT2D eigenvalue weighted by atomic mass is 9.93. The van der Waals surface area contributed by atoms with Crippen molar-refractivity contribution >= 4 is 11.0 Å². The Morgan fingerprint density at radius 2 is 1.92 bits per heavy atom. The molecule has 0 bridgehead atoms. The average molecular weight is 319 g/mol. The van der Waals surface area contributed by atoms with Gasteiger partial charge in [0.1, 0.15) is 5.82 Å². The quantitative estimate of drug-likeness (QED) is 0.719. The Morgan fingerprint density at radius 1 is 1.08 bits per heavy atom. The monoisotopic (exact) mass is 319 g/mol. The minimum atomic E-state index is 0.588. The van der Waals surface area contributed by atoms with Crippen molar-refractivity contribution in [2.75, 3.05) is 6.54 Å². The lowest BCUT2D eigenvalue weighted by Gasteiger charge is -2.29. The van der Waals surface area contributed by atoms with E-state index in [1.54, 1.807) is 0 Å². The number of nitrogens with zero attached hydrogens (tertiary/aromatic N) is 3. The Hall–Kier alpha value is -2.13. The molecule has 24 heavy (non-hydrogen) atoms. The molecule has 0 aliphatic carbocycles. The number of imidazole rings is 1. The first-order valence-electron chi connectivity index (χ1n) is 8.86. The van der Waals surface area contributed by atoms with Crippen LogP contribution in [0.15, 0.2) is 42.5 Å². The van der Waals surface area contributed by atoms with Crippen molar-refractivity contribution in [3.05, 3.63) is 65.0 Å². The van der Waals surface area contributed by atoms with Crippen molar-refractivity contribution in [2.24, 2.45) is 7.05 Å². The van der Waals surface area contributed by atoms with E-state index in [-0.39, 0.29) is 0 Å². The summed E-state index contributed by atoms with van der Waals surface area (Å²) in [5, 5.41) is 0. The molecule has 0 spiro atoms. The van der Waals surface area contributed by atoms with E-state index in [0.29, 0.717) is 5.92 Å². The summed E-state index contributed by atoms with van der Waals surface area (Å²) in [6.45, 7) is 7.58. The van der Waals surface area contributed by atoms with Gasteiger partial charge in [0, 0.05) is 20.1 Å². The van der Waals surface area contributed by atoms with Crippen molar-refractivity contribution < 1.29 is 0 Å². The number of hydrogen-bond donors (Lipinski definition) is 0. The second-order valence-corrected chi connectivity index (χ2v) is 7.22. The molecule has 3 heteroatoms. The van der Waals surface area contributed by atoms with Crippen molar-refractivity contribution in [1.29, 1.82) is 0 Å². The molecular weight excluding hydrogens is 294 g/mol. The van der Waals surface area contributed by atoms with Gasteiger partial charge in [0.05, 0.1) is 17.6 Å². The van der Waals surface area contributed by atoms with E-state index in [9.17, 15) is 0 Å². The normalized spacial score (nSPS) is 15.2. The maximum Gasteiger partial charge on any atom is 0.123 e. The molecule has 1 aromatic heterocycles. The summed E-state index contributed by atoms with van der Waals surface area (Å²) in [5.41, 5.74) is 6.76. The molecule has 3 nitrogen and oxygen atoms in total. The van der Waals surface area contributed by atoms with Gasteiger partial charge in [0.25, 0.3) is 0 Å². The molecule has 1 aliphatic rings. The molecule has 1 aliphatic heterocycles. The van der Waals surface area contributed by atoms with Gasteiger partial charge in [-0.15, -0.1) is 0 Å². The van der Waals surface area contributed by atoms with Crippen LogP contribution in [0.4, 0.5) is 0 Å². The van der Waals surface area contributed by atoms with Gasteiger partial charge >= 0.3 is 0 Å². The summed E-state index contributed by atoms with van der Waals surface area (Å²) < 4.78 is 2.23. The zero-order valence-corrected chi connectivity index (χ0v) is 14.8. The minimum Gasteiger partial charge on any atom is -0.330 e. The van der Waals surface area contributed by atoms with Gasteiger partial charge in [-0.2, -0.15) is 0 Å². The number of aryl methyl sites for hydroxylation is 1. The third kappa shape index (κ3) is 2.73. The van der Waals surface area contributed by atoms with Gasteiger partial charge in [-0.05, 0) is 41.2 Å². The molecule has 3 aromatic rings. The second kappa shape index (κ2) is 6.06. The molecule has 0 N–H and O–H groups in total. The van der Waals surface area contributed by atoms with Gasteiger partial charge in [-0.3, -0.25) is 4.90 Å². The fourth-order valence-electron chi connectivity index (χ4n) is 3.67. The summed E-state index contributed by atoms with van der Waals surface area (Å²) in [7, 11) is 2.12. The average Bonchev–Trinajstić information content (AvgIpc) is 2.90. The lowest BCUT2D eigenvalue weighted by molar-refractivity contribution is 0.237. The molecule has 0 amide bonds. The molecule has 2 aromatic carbocycles. The van der Waals surface area contributed by atoms with E-state index in [2.05, 4.69) is 72.8 Å².